The Morgan fingerprint density at radius 2 is 1.96 bits per heavy atom. The third kappa shape index (κ3) is 3.65. The predicted molar refractivity (Wildman–Crippen MR) is 103 cm³/mol. The molecular formula is C21H19FN4O. The SMILES string of the molecule is Cc1cc(C(=O)N2CCCc3ccccc32)nc(Nc2cccc(F)c2)n1. The molecular weight excluding hydrogens is 343 g/mol. The van der Waals surface area contributed by atoms with Crippen LogP contribution in [0, 0.1) is 12.7 Å². The van der Waals surface area contributed by atoms with Gasteiger partial charge >= 0.3 is 0 Å². The van der Waals surface area contributed by atoms with Crippen molar-refractivity contribution in [3.8, 4) is 0 Å². The molecule has 0 spiro atoms. The Bertz CT molecular complexity index is 1000. The van der Waals surface area contributed by atoms with E-state index < -0.39 is 0 Å². The number of aryl methyl sites for hydroxylation is 2. The first-order chi connectivity index (χ1) is 13.1. The summed E-state index contributed by atoms with van der Waals surface area (Å²) in [5.41, 5.74) is 3.61. The van der Waals surface area contributed by atoms with Gasteiger partial charge in [-0.05, 0) is 55.7 Å². The largest absolute Gasteiger partial charge is 0.324 e. The van der Waals surface area contributed by atoms with Gasteiger partial charge in [0, 0.05) is 23.6 Å². The molecule has 1 N–H and O–H groups in total. The van der Waals surface area contributed by atoms with Gasteiger partial charge in [0.2, 0.25) is 5.95 Å². The normalized spacial score (nSPS) is 13.2. The van der Waals surface area contributed by atoms with Gasteiger partial charge in [-0.15, -0.1) is 0 Å². The average molecular weight is 362 g/mol. The molecule has 1 aromatic heterocycles. The fourth-order valence-corrected chi connectivity index (χ4v) is 3.31. The third-order valence-electron chi connectivity index (χ3n) is 4.51. The van der Waals surface area contributed by atoms with E-state index in [-0.39, 0.29) is 17.7 Å². The molecule has 6 heteroatoms. The standard InChI is InChI=1S/C21H19FN4O/c1-14-12-18(25-21(23-14)24-17-9-4-8-16(22)13-17)20(27)26-11-5-7-15-6-2-3-10-19(15)26/h2-4,6,8-10,12-13H,5,7,11H2,1H3,(H,23,24,25). The van der Waals surface area contributed by atoms with Crippen LogP contribution in [0.1, 0.15) is 28.2 Å². The summed E-state index contributed by atoms with van der Waals surface area (Å²) < 4.78 is 13.4. The number of aromatic nitrogens is 2. The molecule has 2 heterocycles. The number of nitrogens with zero attached hydrogens (tertiary/aromatic N) is 3. The van der Waals surface area contributed by atoms with Gasteiger partial charge in [0.1, 0.15) is 11.5 Å². The Labute approximate surface area is 156 Å². The van der Waals surface area contributed by atoms with E-state index in [1.54, 1.807) is 30.0 Å². The fraction of sp³-hybridized carbons (Fsp3) is 0.190. The van der Waals surface area contributed by atoms with Crippen LogP contribution in [0.5, 0.6) is 0 Å². The maximum Gasteiger partial charge on any atom is 0.277 e. The lowest BCUT2D eigenvalue weighted by molar-refractivity contribution is 0.0980. The van der Waals surface area contributed by atoms with E-state index in [9.17, 15) is 9.18 Å². The molecule has 0 saturated carbocycles. The van der Waals surface area contributed by atoms with Crippen LogP contribution >= 0.6 is 0 Å². The van der Waals surface area contributed by atoms with E-state index >= 15 is 0 Å². The summed E-state index contributed by atoms with van der Waals surface area (Å²) in [4.78, 5) is 23.6. The molecule has 0 fully saturated rings. The van der Waals surface area contributed by atoms with Crippen LogP contribution in [0.25, 0.3) is 0 Å². The van der Waals surface area contributed by atoms with Gasteiger partial charge in [0.05, 0.1) is 0 Å². The van der Waals surface area contributed by atoms with Crippen LogP contribution in [0.3, 0.4) is 0 Å². The van der Waals surface area contributed by atoms with Gasteiger partial charge in [-0.2, -0.15) is 0 Å². The summed E-state index contributed by atoms with van der Waals surface area (Å²) in [5, 5.41) is 2.97. The number of halogens is 1. The third-order valence-corrected chi connectivity index (χ3v) is 4.51. The second-order valence-corrected chi connectivity index (χ2v) is 6.54. The second kappa shape index (κ2) is 7.15. The molecule has 0 radical (unpaired) electrons. The molecule has 3 aromatic rings. The zero-order valence-electron chi connectivity index (χ0n) is 14.9. The first kappa shape index (κ1) is 17.1. The molecule has 27 heavy (non-hydrogen) atoms. The zero-order valence-corrected chi connectivity index (χ0v) is 14.9. The monoisotopic (exact) mass is 362 g/mol. The number of nitrogens with one attached hydrogen (secondary N) is 1. The Balaban J connectivity index is 1.64. The van der Waals surface area contributed by atoms with Gasteiger partial charge < -0.3 is 10.2 Å². The molecule has 4 rings (SSSR count). The van der Waals surface area contributed by atoms with Gasteiger partial charge in [0.25, 0.3) is 5.91 Å². The highest BCUT2D eigenvalue weighted by Crippen LogP contribution is 2.28. The zero-order chi connectivity index (χ0) is 18.8. The Morgan fingerprint density at radius 3 is 2.81 bits per heavy atom. The van der Waals surface area contributed by atoms with E-state index in [2.05, 4.69) is 21.4 Å². The van der Waals surface area contributed by atoms with E-state index in [1.165, 1.54) is 17.7 Å². The highest BCUT2D eigenvalue weighted by molar-refractivity contribution is 6.05. The number of rotatable bonds is 3. The molecule has 0 atom stereocenters. The molecule has 1 aliphatic rings. The number of anilines is 3. The smallest absolute Gasteiger partial charge is 0.277 e. The van der Waals surface area contributed by atoms with Crippen molar-refractivity contribution in [2.75, 3.05) is 16.8 Å². The van der Waals surface area contributed by atoms with Crippen LogP contribution in [0.15, 0.2) is 54.6 Å². The molecule has 1 aliphatic heterocycles. The number of fused-ring (bicyclic) bond motifs is 1. The molecule has 0 bridgehead atoms. The van der Waals surface area contributed by atoms with Crippen LogP contribution in [0.4, 0.5) is 21.7 Å². The molecule has 0 unspecified atom stereocenters. The average Bonchev–Trinajstić information content (AvgIpc) is 2.66. The minimum absolute atomic E-state index is 0.157. The minimum atomic E-state index is -0.353. The van der Waals surface area contributed by atoms with Crippen molar-refractivity contribution in [1.82, 2.24) is 9.97 Å². The summed E-state index contributed by atoms with van der Waals surface area (Å²) in [6, 6.07) is 15.7. The van der Waals surface area contributed by atoms with Gasteiger partial charge in [-0.1, -0.05) is 24.3 Å². The predicted octanol–water partition coefficient (Wildman–Crippen LogP) is 4.26. The van der Waals surface area contributed by atoms with E-state index in [0.717, 1.165) is 18.5 Å². The van der Waals surface area contributed by atoms with Crippen LogP contribution < -0.4 is 10.2 Å². The first-order valence-corrected chi connectivity index (χ1v) is 8.88. The summed E-state index contributed by atoms with van der Waals surface area (Å²) in [5.74, 6) is -0.238. The summed E-state index contributed by atoms with van der Waals surface area (Å²) in [6.45, 7) is 2.46. The van der Waals surface area contributed by atoms with Crippen molar-refractivity contribution in [2.24, 2.45) is 0 Å². The summed E-state index contributed by atoms with van der Waals surface area (Å²) in [7, 11) is 0. The lowest BCUT2D eigenvalue weighted by Crippen LogP contribution is -2.36. The van der Waals surface area contributed by atoms with Crippen molar-refractivity contribution in [3.63, 3.8) is 0 Å². The van der Waals surface area contributed by atoms with Crippen molar-refractivity contribution >= 4 is 23.2 Å². The highest BCUT2D eigenvalue weighted by Gasteiger charge is 2.24. The lowest BCUT2D eigenvalue weighted by Gasteiger charge is -2.29. The summed E-state index contributed by atoms with van der Waals surface area (Å²) in [6.07, 6.45) is 1.89. The number of carbonyl (C=O) groups excluding carboxylic acids is 1. The van der Waals surface area contributed by atoms with Crippen molar-refractivity contribution in [1.29, 1.82) is 0 Å². The molecule has 0 saturated heterocycles. The van der Waals surface area contributed by atoms with Crippen LogP contribution in [0.2, 0.25) is 0 Å². The fourth-order valence-electron chi connectivity index (χ4n) is 3.31. The van der Waals surface area contributed by atoms with Gasteiger partial charge in [-0.3, -0.25) is 4.79 Å². The maximum atomic E-state index is 13.4. The molecule has 1 amide bonds. The van der Waals surface area contributed by atoms with Crippen molar-refractivity contribution < 1.29 is 9.18 Å². The molecule has 5 nitrogen and oxygen atoms in total. The summed E-state index contributed by atoms with van der Waals surface area (Å²) >= 11 is 0. The number of carbonyl (C=O) groups is 1. The Morgan fingerprint density at radius 1 is 1.11 bits per heavy atom. The van der Waals surface area contributed by atoms with Crippen LogP contribution in [-0.2, 0) is 6.42 Å². The van der Waals surface area contributed by atoms with Gasteiger partial charge in [0.15, 0.2) is 0 Å². The molecule has 2 aromatic carbocycles. The second-order valence-electron chi connectivity index (χ2n) is 6.54. The molecule has 136 valence electrons. The van der Waals surface area contributed by atoms with E-state index in [4.69, 9.17) is 0 Å². The van der Waals surface area contributed by atoms with E-state index in [1.807, 2.05) is 18.2 Å². The maximum absolute atomic E-state index is 13.4. The van der Waals surface area contributed by atoms with E-state index in [0.29, 0.717) is 23.6 Å². The van der Waals surface area contributed by atoms with Crippen molar-refractivity contribution in [2.45, 2.75) is 19.8 Å². The van der Waals surface area contributed by atoms with Crippen molar-refractivity contribution in [3.05, 3.63) is 77.4 Å². The number of benzene rings is 2. The Kier molecular flexibility index (Phi) is 4.54. The number of hydrogen-bond acceptors (Lipinski definition) is 4. The van der Waals surface area contributed by atoms with Gasteiger partial charge in [-0.25, -0.2) is 14.4 Å². The highest BCUT2D eigenvalue weighted by atomic mass is 19.1. The Hall–Kier alpha value is -3.28. The minimum Gasteiger partial charge on any atom is -0.324 e. The topological polar surface area (TPSA) is 58.1 Å². The number of hydrogen-bond donors (Lipinski definition) is 1. The van der Waals surface area contributed by atoms with Crippen LogP contribution in [-0.4, -0.2) is 22.4 Å². The number of amides is 1. The molecule has 0 aliphatic carbocycles. The lowest BCUT2D eigenvalue weighted by atomic mass is 10.0. The quantitative estimate of drug-likeness (QED) is 0.756. The number of para-hydroxylation sites is 1. The first-order valence-electron chi connectivity index (χ1n) is 8.88.